The molecule has 2 fully saturated rings. The second kappa shape index (κ2) is 7.92. The van der Waals surface area contributed by atoms with Crippen molar-refractivity contribution in [2.75, 3.05) is 18.8 Å². The molecule has 0 bridgehead atoms. The summed E-state index contributed by atoms with van der Waals surface area (Å²) < 4.78 is 16.1. The Labute approximate surface area is 211 Å². The molecule has 4 aliphatic heterocycles. The van der Waals surface area contributed by atoms with Crippen LogP contribution in [-0.4, -0.2) is 48.8 Å². The van der Waals surface area contributed by atoms with Gasteiger partial charge in [0.15, 0.2) is 17.3 Å². The number of carbonyl (C=O) groups excluding carboxylic acids is 3. The van der Waals surface area contributed by atoms with Crippen LogP contribution in [0.15, 0.2) is 71.8 Å². The summed E-state index contributed by atoms with van der Waals surface area (Å²) in [6.07, 6.45) is 1.69. The van der Waals surface area contributed by atoms with Gasteiger partial charge in [0.1, 0.15) is 11.8 Å². The minimum atomic E-state index is -0.941. The number of ether oxygens (including phenoxy) is 3. The molecule has 3 aromatic rings. The van der Waals surface area contributed by atoms with Crippen LogP contribution >= 0.6 is 0 Å². The van der Waals surface area contributed by atoms with Crippen LogP contribution in [0.5, 0.6) is 17.2 Å². The van der Waals surface area contributed by atoms with Crippen molar-refractivity contribution in [2.24, 2.45) is 16.9 Å². The number of hydrogen-bond acceptors (Lipinski definition) is 8. The van der Waals surface area contributed by atoms with E-state index < -0.39 is 29.8 Å². The number of rotatable bonds is 4. The fraction of sp³-hybridized carbons (Fsp3) is 0.214. The zero-order chi connectivity index (χ0) is 25.3. The Morgan fingerprint density at radius 1 is 0.946 bits per heavy atom. The first kappa shape index (κ1) is 21.6. The van der Waals surface area contributed by atoms with E-state index in [0.29, 0.717) is 28.5 Å². The van der Waals surface area contributed by atoms with Gasteiger partial charge in [0.25, 0.3) is 0 Å². The Kier molecular flexibility index (Phi) is 4.63. The number of carbonyl (C=O) groups is 3. The summed E-state index contributed by atoms with van der Waals surface area (Å²) in [5.41, 5.74) is 2.54. The van der Waals surface area contributed by atoms with E-state index in [2.05, 4.69) is 5.10 Å². The summed E-state index contributed by atoms with van der Waals surface area (Å²) in [5, 5.41) is 6.24. The molecule has 0 unspecified atom stereocenters. The first-order valence-corrected chi connectivity index (χ1v) is 11.9. The van der Waals surface area contributed by atoms with Crippen molar-refractivity contribution in [3.63, 3.8) is 0 Å². The Bertz CT molecular complexity index is 1500. The zero-order valence-corrected chi connectivity index (χ0v) is 19.7. The van der Waals surface area contributed by atoms with Crippen LogP contribution in [0, 0.1) is 11.8 Å². The van der Waals surface area contributed by atoms with E-state index in [1.165, 1.54) is 4.90 Å². The lowest BCUT2D eigenvalue weighted by atomic mass is 9.83. The van der Waals surface area contributed by atoms with Crippen molar-refractivity contribution in [1.82, 2.24) is 5.01 Å². The highest BCUT2D eigenvalue weighted by Gasteiger charge is 2.65. The molecule has 0 aliphatic carbocycles. The molecule has 0 saturated carbocycles. The van der Waals surface area contributed by atoms with Crippen LogP contribution in [-0.2, 0) is 9.59 Å². The third kappa shape index (κ3) is 3.03. The second-order valence-corrected chi connectivity index (χ2v) is 9.34. The van der Waals surface area contributed by atoms with E-state index in [1.807, 2.05) is 24.3 Å². The number of nitrogens with zero attached hydrogens (tertiary/aromatic N) is 3. The van der Waals surface area contributed by atoms with Gasteiger partial charge in [0, 0.05) is 11.6 Å². The van der Waals surface area contributed by atoms with Gasteiger partial charge in [-0.2, -0.15) is 5.10 Å². The molecule has 2 saturated heterocycles. The number of Topliss-reactive ketones (excluding diaryl/α,β-unsaturated/α-hetero) is 1. The van der Waals surface area contributed by atoms with Crippen molar-refractivity contribution < 1.29 is 28.6 Å². The van der Waals surface area contributed by atoms with Gasteiger partial charge in [0.05, 0.1) is 36.9 Å². The van der Waals surface area contributed by atoms with Crippen molar-refractivity contribution in [3.05, 3.63) is 83.4 Å². The van der Waals surface area contributed by atoms with Gasteiger partial charge < -0.3 is 14.2 Å². The third-order valence-corrected chi connectivity index (χ3v) is 7.55. The largest absolute Gasteiger partial charge is 0.497 e. The normalized spacial score (nSPS) is 24.7. The minimum absolute atomic E-state index is 0.0796. The quantitative estimate of drug-likeness (QED) is 0.405. The molecule has 37 heavy (non-hydrogen) atoms. The second-order valence-electron chi connectivity index (χ2n) is 9.34. The molecule has 0 spiro atoms. The molecule has 184 valence electrons. The highest BCUT2D eigenvalue weighted by Crippen LogP contribution is 2.53. The average molecular weight is 495 g/mol. The Hall–Kier alpha value is -4.66. The van der Waals surface area contributed by atoms with E-state index in [9.17, 15) is 14.4 Å². The van der Waals surface area contributed by atoms with E-state index in [4.69, 9.17) is 14.2 Å². The monoisotopic (exact) mass is 495 g/mol. The van der Waals surface area contributed by atoms with Crippen LogP contribution in [0.1, 0.15) is 27.5 Å². The van der Waals surface area contributed by atoms with Crippen LogP contribution in [0.4, 0.5) is 5.69 Å². The average Bonchev–Trinajstić information content (AvgIpc) is 3.61. The first-order valence-electron chi connectivity index (χ1n) is 11.9. The van der Waals surface area contributed by atoms with Crippen LogP contribution in [0.25, 0.3) is 0 Å². The number of ketones is 1. The zero-order valence-electron chi connectivity index (χ0n) is 19.7. The third-order valence-electron chi connectivity index (χ3n) is 7.55. The Balaban J connectivity index is 1.34. The van der Waals surface area contributed by atoms with Crippen LogP contribution in [0.2, 0.25) is 0 Å². The predicted molar refractivity (Wildman–Crippen MR) is 132 cm³/mol. The molecule has 0 radical (unpaired) electrons. The number of methoxy groups -OCH3 is 1. The molecular formula is C28H21N3O6. The highest BCUT2D eigenvalue weighted by atomic mass is 16.7. The van der Waals surface area contributed by atoms with Crippen molar-refractivity contribution in [1.29, 1.82) is 0 Å². The number of amides is 2. The van der Waals surface area contributed by atoms with E-state index in [-0.39, 0.29) is 18.5 Å². The summed E-state index contributed by atoms with van der Waals surface area (Å²) in [4.78, 5) is 43.1. The van der Waals surface area contributed by atoms with E-state index in [0.717, 1.165) is 11.1 Å². The van der Waals surface area contributed by atoms with Crippen molar-refractivity contribution >= 4 is 29.5 Å². The lowest BCUT2D eigenvalue weighted by Crippen LogP contribution is -2.44. The highest BCUT2D eigenvalue weighted by molar-refractivity contribution is 6.24. The number of imide groups is 1. The lowest BCUT2D eigenvalue weighted by molar-refractivity contribution is -0.124. The number of fused-ring (bicyclic) bond motifs is 6. The summed E-state index contributed by atoms with van der Waals surface area (Å²) in [6.45, 7) is 0.0796. The molecule has 7 rings (SSSR count). The SMILES string of the molecule is COc1ccc(C(=O)[C@@H]2[C@@H]3C(=O)N(c4ccc5c(c4)OCO5)C(=O)[C@@H]3[C@H]3c4ccccc4C=NN23)cc1. The van der Waals surface area contributed by atoms with Gasteiger partial charge in [-0.15, -0.1) is 0 Å². The molecule has 9 nitrogen and oxygen atoms in total. The molecule has 0 N–H and O–H groups in total. The summed E-state index contributed by atoms with van der Waals surface area (Å²) in [6, 6.07) is 17.9. The van der Waals surface area contributed by atoms with Crippen molar-refractivity contribution in [2.45, 2.75) is 12.1 Å². The minimum Gasteiger partial charge on any atom is -0.497 e. The molecule has 0 aromatic heterocycles. The molecular weight excluding hydrogens is 474 g/mol. The van der Waals surface area contributed by atoms with Crippen molar-refractivity contribution in [3.8, 4) is 17.2 Å². The maximum Gasteiger partial charge on any atom is 0.240 e. The van der Waals surface area contributed by atoms with Crippen LogP contribution in [0.3, 0.4) is 0 Å². The smallest absolute Gasteiger partial charge is 0.240 e. The molecule has 4 heterocycles. The van der Waals surface area contributed by atoms with Gasteiger partial charge in [-0.25, -0.2) is 4.90 Å². The van der Waals surface area contributed by atoms with Gasteiger partial charge >= 0.3 is 0 Å². The lowest BCUT2D eigenvalue weighted by Gasteiger charge is -2.33. The van der Waals surface area contributed by atoms with Gasteiger partial charge in [0.2, 0.25) is 18.6 Å². The van der Waals surface area contributed by atoms with E-state index in [1.54, 1.807) is 60.8 Å². The molecule has 2 amide bonds. The number of hydrazone groups is 1. The maximum atomic E-state index is 14.0. The topological polar surface area (TPSA) is 97.7 Å². The predicted octanol–water partition coefficient (Wildman–Crippen LogP) is 3.19. The summed E-state index contributed by atoms with van der Waals surface area (Å²) in [5.74, 6) is -1.10. The number of benzene rings is 3. The van der Waals surface area contributed by atoms with E-state index >= 15 is 0 Å². The van der Waals surface area contributed by atoms with Crippen LogP contribution < -0.4 is 19.1 Å². The van der Waals surface area contributed by atoms with Gasteiger partial charge in [-0.1, -0.05) is 24.3 Å². The summed E-state index contributed by atoms with van der Waals surface area (Å²) in [7, 11) is 1.55. The van der Waals surface area contributed by atoms with Gasteiger partial charge in [-0.3, -0.25) is 19.4 Å². The molecule has 3 aromatic carbocycles. The number of hydrogen-bond donors (Lipinski definition) is 0. The number of anilines is 1. The fourth-order valence-electron chi connectivity index (χ4n) is 5.87. The fourth-order valence-corrected chi connectivity index (χ4v) is 5.87. The molecule has 4 atom stereocenters. The Morgan fingerprint density at radius 2 is 1.70 bits per heavy atom. The molecule has 4 aliphatic rings. The maximum absolute atomic E-state index is 14.0. The first-order chi connectivity index (χ1) is 18.1. The Morgan fingerprint density at radius 3 is 2.51 bits per heavy atom. The van der Waals surface area contributed by atoms with Gasteiger partial charge in [-0.05, 0) is 47.5 Å². The summed E-state index contributed by atoms with van der Waals surface area (Å²) >= 11 is 0. The molecule has 9 heteroatoms. The standard InChI is InChI=1S/C28H21N3O6/c1-35-18-9-6-15(7-10-18)26(32)25-23-22(24-19-5-3-2-4-16(19)13-29-31(24)25)27(33)30(28(23)34)17-8-11-20-21(12-17)37-14-36-20/h2-13,22-25H,14H2,1H3/t22-,23+,24+,25-/m0/s1.